The van der Waals surface area contributed by atoms with Gasteiger partial charge in [-0.15, -0.1) is 0 Å². The van der Waals surface area contributed by atoms with Gasteiger partial charge in [0.1, 0.15) is 40.5 Å². The number of nitrogens with two attached hydrogens (primary N) is 1. The number of ketones is 1. The van der Waals surface area contributed by atoms with Crippen LogP contribution in [0, 0.1) is 0 Å². The Morgan fingerprint density at radius 1 is 0.754 bits per heavy atom. The highest BCUT2D eigenvalue weighted by Gasteiger charge is 2.66. The molecule has 0 spiro atoms. The lowest BCUT2D eigenvalue weighted by molar-refractivity contribution is -0.173. The number of aromatic nitrogens is 2. The quantitative estimate of drug-likeness (QED) is 0.0619. The van der Waals surface area contributed by atoms with Crippen LogP contribution in [0.5, 0.6) is 11.5 Å². The van der Waals surface area contributed by atoms with E-state index in [0.717, 1.165) is 49.0 Å². The van der Waals surface area contributed by atoms with E-state index in [0.29, 0.717) is 22.6 Å². The van der Waals surface area contributed by atoms with Crippen molar-refractivity contribution in [1.29, 1.82) is 0 Å². The smallest absolute Gasteiger partial charge is 0.255 e. The van der Waals surface area contributed by atoms with Crippen LogP contribution in [0.25, 0.3) is 32.3 Å². The summed E-state index contributed by atoms with van der Waals surface area (Å²) in [4.78, 5) is 40.8. The monoisotopic (exact) mass is 914 g/mol. The maximum Gasteiger partial charge on any atom is 0.255 e. The van der Waals surface area contributed by atoms with Crippen molar-refractivity contribution in [2.45, 2.75) is 35.2 Å². The van der Waals surface area contributed by atoms with Crippen molar-refractivity contribution < 1.29 is 33.6 Å². The highest BCUT2D eigenvalue weighted by atomic mass is 16.6. The minimum absolute atomic E-state index is 0.0265. The van der Waals surface area contributed by atoms with Gasteiger partial charge < -0.3 is 34.3 Å². The maximum absolute atomic E-state index is 15.6. The number of carbonyl (C=O) groups is 2. The fourth-order valence-electron chi connectivity index (χ4n) is 10.9. The first-order valence-electron chi connectivity index (χ1n) is 22.8. The van der Waals surface area contributed by atoms with E-state index in [4.69, 9.17) is 29.7 Å². The maximum atomic E-state index is 15.6. The van der Waals surface area contributed by atoms with Crippen LogP contribution in [0.4, 0.5) is 5.82 Å². The molecule has 9 aromatic rings. The summed E-state index contributed by atoms with van der Waals surface area (Å²) in [6.45, 7) is -0.216. The summed E-state index contributed by atoms with van der Waals surface area (Å²) in [6, 6.07) is 51.3. The molecule has 3 aliphatic rings. The van der Waals surface area contributed by atoms with Gasteiger partial charge in [0.25, 0.3) is 5.91 Å². The van der Waals surface area contributed by atoms with Gasteiger partial charge in [-0.05, 0) is 79.3 Å². The van der Waals surface area contributed by atoms with Gasteiger partial charge in [-0.1, -0.05) is 133 Å². The summed E-state index contributed by atoms with van der Waals surface area (Å²) in [5.41, 5.74) is 5.75. The lowest BCUT2D eigenvalue weighted by atomic mass is 9.79. The number of nitrogens with one attached hydrogen (secondary N) is 1. The van der Waals surface area contributed by atoms with Gasteiger partial charge in [0, 0.05) is 11.1 Å². The molecule has 4 heterocycles. The fourth-order valence-corrected chi connectivity index (χ4v) is 10.9. The third-order valence-electron chi connectivity index (χ3n) is 14.3. The topological polar surface area (TPSA) is 163 Å². The van der Waals surface area contributed by atoms with Crippen molar-refractivity contribution in [3.8, 4) is 11.5 Å². The number of carbonyl (C=O) groups excluding carboxylic acids is 2. The van der Waals surface area contributed by atoms with Crippen LogP contribution in [0.2, 0.25) is 0 Å². The Labute approximate surface area is 396 Å². The molecule has 1 amide bonds. The molecule has 0 radical (unpaired) electrons. The normalized spacial score (nSPS) is 21.7. The number of fused-ring (bicyclic) bond motifs is 3. The number of ether oxygens (including phenoxy) is 4. The number of amides is 1. The van der Waals surface area contributed by atoms with Crippen molar-refractivity contribution in [2.75, 3.05) is 27.4 Å². The van der Waals surface area contributed by atoms with E-state index in [-0.39, 0.29) is 30.6 Å². The van der Waals surface area contributed by atoms with Crippen LogP contribution in [-0.4, -0.2) is 82.7 Å². The molecule has 2 bridgehead atoms. The number of Topliss-reactive ketones (excluding diaryl/α,β-unsaturated/α-hetero) is 1. The van der Waals surface area contributed by atoms with Crippen LogP contribution in [0.1, 0.15) is 49.3 Å². The summed E-state index contributed by atoms with van der Waals surface area (Å²) in [7, 11) is 3.24. The van der Waals surface area contributed by atoms with Gasteiger partial charge in [-0.3, -0.25) is 19.9 Å². The van der Waals surface area contributed by atoms with E-state index in [1.54, 1.807) is 48.0 Å². The zero-order valence-electron chi connectivity index (χ0n) is 37.7. The average molecular weight is 915 g/mol. The molecule has 12 rings (SSSR count). The molecule has 8 aromatic carbocycles. The van der Waals surface area contributed by atoms with Gasteiger partial charge in [0.15, 0.2) is 17.7 Å². The molecular formula is C56H46N6O7. The largest absolute Gasteiger partial charge is 0.497 e. The van der Waals surface area contributed by atoms with Crippen molar-refractivity contribution in [2.24, 2.45) is 10.7 Å². The molecule has 0 saturated carbocycles. The average Bonchev–Trinajstić information content (AvgIpc) is 4.06. The zero-order chi connectivity index (χ0) is 47.1. The summed E-state index contributed by atoms with van der Waals surface area (Å²) < 4.78 is 27.4. The Morgan fingerprint density at radius 3 is 2.00 bits per heavy atom. The molecule has 13 nitrogen and oxygen atoms in total. The molecule has 1 aromatic heterocycles. The van der Waals surface area contributed by atoms with Crippen LogP contribution in [-0.2, 0) is 20.7 Å². The number of hydrogen-bond acceptors (Lipinski definition) is 11. The zero-order valence-corrected chi connectivity index (χ0v) is 37.7. The van der Waals surface area contributed by atoms with Gasteiger partial charge in [-0.2, -0.15) is 0 Å². The van der Waals surface area contributed by atoms with Crippen LogP contribution < -0.4 is 20.5 Å². The molecule has 342 valence electrons. The van der Waals surface area contributed by atoms with Crippen molar-refractivity contribution in [3.63, 3.8) is 0 Å². The number of aliphatic hydroxyl groups is 1. The highest BCUT2D eigenvalue weighted by Crippen LogP contribution is 2.52. The summed E-state index contributed by atoms with van der Waals surface area (Å²) in [5, 5.41) is 21.9. The number of rotatable bonds is 12. The Bertz CT molecular complexity index is 3390. The van der Waals surface area contributed by atoms with Crippen molar-refractivity contribution in [1.82, 2.24) is 19.8 Å². The first kappa shape index (κ1) is 42.4. The minimum atomic E-state index is -1.79. The van der Waals surface area contributed by atoms with Gasteiger partial charge >= 0.3 is 0 Å². The third-order valence-corrected chi connectivity index (χ3v) is 14.3. The van der Waals surface area contributed by atoms with Gasteiger partial charge in [0.05, 0.1) is 40.0 Å². The second kappa shape index (κ2) is 16.1. The van der Waals surface area contributed by atoms with E-state index >= 15 is 4.79 Å². The number of methoxy groups -OCH3 is 2. The molecule has 0 aliphatic carbocycles. The number of aliphatic hydroxyl groups excluding tert-OH is 1. The second-order valence-corrected chi connectivity index (χ2v) is 17.9. The Morgan fingerprint density at radius 2 is 1.35 bits per heavy atom. The van der Waals surface area contributed by atoms with Gasteiger partial charge in [-0.25, -0.2) is 9.98 Å². The lowest BCUT2D eigenvalue weighted by Crippen LogP contribution is -2.57. The molecule has 13 heteroatoms. The van der Waals surface area contributed by atoms with Crippen molar-refractivity contribution >= 4 is 56.2 Å². The first-order valence-corrected chi connectivity index (χ1v) is 22.8. The Balaban J connectivity index is 1.00. The number of nitrogens with zero attached hydrogens (tertiary/aromatic N) is 4. The number of hydrogen-bond donors (Lipinski definition) is 3. The predicted octanol–water partition coefficient (Wildman–Crippen LogP) is 8.22. The van der Waals surface area contributed by atoms with Gasteiger partial charge in [0.2, 0.25) is 5.78 Å². The molecule has 2 saturated heterocycles. The number of aliphatic imine (C=N–C) groups is 1. The minimum Gasteiger partial charge on any atom is -0.497 e. The first-order chi connectivity index (χ1) is 33.7. The predicted molar refractivity (Wildman–Crippen MR) is 262 cm³/mol. The summed E-state index contributed by atoms with van der Waals surface area (Å²) in [5.74, 6) is 0.864. The van der Waals surface area contributed by atoms with Crippen molar-refractivity contribution in [3.05, 3.63) is 204 Å². The number of likely N-dealkylation sites (tertiary alicyclic amines) is 1. The molecule has 1 unspecified atom stereocenters. The van der Waals surface area contributed by atoms with Crippen LogP contribution in [0.15, 0.2) is 175 Å². The Hall–Kier alpha value is -7.94. The number of morpholine rings is 1. The molecule has 69 heavy (non-hydrogen) atoms. The number of imidazole rings is 1. The molecule has 3 aliphatic heterocycles. The lowest BCUT2D eigenvalue weighted by Gasteiger charge is -2.41. The van der Waals surface area contributed by atoms with E-state index in [1.165, 1.54) is 12.7 Å². The standard InChI is InChI=1S/C56H46N6O7/c1-66-41-24-20-39(21-25-41)55(38-14-7-4-8-15-38,40-22-26-42(67-2)27-23-40)68-31-54-30-61(52(65)44-29-19-36-17-16-34-12-9-13-35-18-28-43(44)46(36)45(34)35)47(50(54)64)53(69-54)62-33-59-48-51(62)58-32-60-56(48,57)49(63)37-10-5-3-6-11-37/h3-29,32-33,47,50,53,64H,30-31,57H2,1-2H3,(H,58,60)/t47-,50+,53+,54-,56?/m0/s1. The van der Waals surface area contributed by atoms with Crippen LogP contribution >= 0.6 is 0 Å². The highest BCUT2D eigenvalue weighted by molar-refractivity contribution is 6.26. The van der Waals surface area contributed by atoms with E-state index in [1.807, 2.05) is 115 Å². The summed E-state index contributed by atoms with van der Waals surface area (Å²) >= 11 is 0. The number of benzene rings is 8. The molecule has 2 fully saturated rings. The van der Waals surface area contributed by atoms with E-state index < -0.39 is 41.0 Å². The van der Waals surface area contributed by atoms with Crippen LogP contribution in [0.3, 0.4) is 0 Å². The molecule has 4 N–H and O–H groups in total. The molecule has 5 atom stereocenters. The fraction of sp³-hybridized carbons (Fsp3) is 0.179. The molecular weight excluding hydrogens is 869 g/mol. The Kier molecular flexibility index (Phi) is 9.90. The summed E-state index contributed by atoms with van der Waals surface area (Å²) in [6.07, 6.45) is 0.527. The van der Waals surface area contributed by atoms with E-state index in [9.17, 15) is 9.90 Å². The third kappa shape index (κ3) is 6.39. The van der Waals surface area contributed by atoms with E-state index in [2.05, 4.69) is 34.6 Å². The SMILES string of the molecule is COc1ccc(C(OC[C@]23CN(C(=O)c4ccc5ccc6cccc7ccc4c5c67)[C@H]([C@H](n4cnc5c4N=CNC5(N)C(=O)c4ccccc4)O2)[C@H]3O)(c2ccccc2)c2ccc(OC)cc2)cc1. The second-order valence-electron chi connectivity index (χ2n) is 17.9.